The molecule has 1 aromatic rings. The topological polar surface area (TPSA) is 131 Å². The third-order valence-corrected chi connectivity index (χ3v) is 5.51. The number of imide groups is 2. The highest BCUT2D eigenvalue weighted by Gasteiger charge is 2.45. The van der Waals surface area contributed by atoms with E-state index < -0.39 is 29.7 Å². The molecule has 1 aromatic carbocycles. The minimum Gasteiger partial charge on any atom is -0.463 e. The summed E-state index contributed by atoms with van der Waals surface area (Å²) in [4.78, 5) is 61.9. The highest BCUT2D eigenvalue weighted by atomic mass is 16.6. The molecule has 10 nitrogen and oxygen atoms in total. The summed E-state index contributed by atoms with van der Waals surface area (Å²) in [7, 11) is 0. The van der Waals surface area contributed by atoms with Gasteiger partial charge in [0.15, 0.2) is 0 Å². The van der Waals surface area contributed by atoms with Crippen molar-refractivity contribution in [1.82, 2.24) is 10.2 Å². The van der Waals surface area contributed by atoms with Gasteiger partial charge in [-0.2, -0.15) is 0 Å². The molecule has 0 aromatic heterocycles. The van der Waals surface area contributed by atoms with Crippen molar-refractivity contribution in [3.8, 4) is 0 Å². The standard InChI is InChI=1S/C23H29N3O7/c1-2-3-4-8-19(28)33-14-13-32-12-11-24-16-7-5-6-15-20(16)23(31)26(22(15)30)17-9-10-18(27)25-21(17)29/h5-7,17,24H,2-4,8-14H2,1H3,(H,25,27,29). The van der Waals surface area contributed by atoms with Crippen LogP contribution in [-0.4, -0.2) is 66.9 Å². The summed E-state index contributed by atoms with van der Waals surface area (Å²) in [5, 5.41) is 5.26. The molecule has 0 spiro atoms. The van der Waals surface area contributed by atoms with Crippen molar-refractivity contribution in [1.29, 1.82) is 0 Å². The maximum atomic E-state index is 13.0. The number of unbranched alkanes of at least 4 members (excludes halogenated alkanes) is 2. The largest absolute Gasteiger partial charge is 0.463 e. The lowest BCUT2D eigenvalue weighted by atomic mass is 10.0. The van der Waals surface area contributed by atoms with E-state index in [1.54, 1.807) is 12.1 Å². The van der Waals surface area contributed by atoms with Gasteiger partial charge in [-0.05, 0) is 25.0 Å². The summed E-state index contributed by atoms with van der Waals surface area (Å²) in [6.45, 7) is 3.17. The average Bonchev–Trinajstić information content (AvgIpc) is 3.04. The van der Waals surface area contributed by atoms with Crippen molar-refractivity contribution in [2.24, 2.45) is 0 Å². The van der Waals surface area contributed by atoms with Crippen LogP contribution in [0.5, 0.6) is 0 Å². The summed E-state index contributed by atoms with van der Waals surface area (Å²) < 4.78 is 10.6. The Labute approximate surface area is 192 Å². The molecular weight excluding hydrogens is 430 g/mol. The first kappa shape index (κ1) is 24.4. The molecular formula is C23H29N3O7. The smallest absolute Gasteiger partial charge is 0.305 e. The van der Waals surface area contributed by atoms with E-state index >= 15 is 0 Å². The lowest BCUT2D eigenvalue weighted by Gasteiger charge is -2.27. The lowest BCUT2D eigenvalue weighted by molar-refractivity contribution is -0.145. The number of ether oxygens (including phenoxy) is 2. The Bertz CT molecular complexity index is 931. The van der Waals surface area contributed by atoms with Crippen LogP contribution in [0.25, 0.3) is 0 Å². The molecule has 0 radical (unpaired) electrons. The minimum atomic E-state index is -1.00. The summed E-state index contributed by atoms with van der Waals surface area (Å²) in [5.74, 6) is -2.40. The fourth-order valence-electron chi connectivity index (χ4n) is 3.83. The molecule has 1 unspecified atom stereocenters. The summed E-state index contributed by atoms with van der Waals surface area (Å²) in [6.07, 6.45) is 3.46. The number of fused-ring (bicyclic) bond motifs is 1. The molecule has 1 atom stereocenters. The number of amides is 4. The van der Waals surface area contributed by atoms with Gasteiger partial charge in [0.1, 0.15) is 12.6 Å². The Balaban J connectivity index is 1.47. The zero-order valence-corrected chi connectivity index (χ0v) is 18.7. The van der Waals surface area contributed by atoms with Crippen molar-refractivity contribution in [3.63, 3.8) is 0 Å². The van der Waals surface area contributed by atoms with E-state index in [1.807, 2.05) is 0 Å². The number of carbonyl (C=O) groups is 5. The van der Waals surface area contributed by atoms with Gasteiger partial charge in [-0.15, -0.1) is 0 Å². The van der Waals surface area contributed by atoms with Crippen LogP contribution >= 0.6 is 0 Å². The second-order valence-corrected chi connectivity index (χ2v) is 7.89. The van der Waals surface area contributed by atoms with Crippen LogP contribution in [0.3, 0.4) is 0 Å². The molecule has 2 aliphatic heterocycles. The van der Waals surface area contributed by atoms with E-state index in [-0.39, 0.29) is 43.2 Å². The Kier molecular flexibility index (Phi) is 8.53. The molecule has 1 fully saturated rings. The van der Waals surface area contributed by atoms with E-state index in [9.17, 15) is 24.0 Å². The molecule has 1 saturated heterocycles. The van der Waals surface area contributed by atoms with Crippen molar-refractivity contribution in [3.05, 3.63) is 29.3 Å². The number of carbonyl (C=O) groups excluding carboxylic acids is 5. The van der Waals surface area contributed by atoms with Crippen LogP contribution in [0.2, 0.25) is 0 Å². The second kappa shape index (κ2) is 11.6. The number of hydrogen-bond acceptors (Lipinski definition) is 8. The van der Waals surface area contributed by atoms with Crippen molar-refractivity contribution >= 4 is 35.3 Å². The quantitative estimate of drug-likeness (QED) is 0.274. The lowest BCUT2D eigenvalue weighted by Crippen LogP contribution is -2.54. The number of rotatable bonds is 12. The number of hydrogen-bond donors (Lipinski definition) is 2. The van der Waals surface area contributed by atoms with Gasteiger partial charge < -0.3 is 14.8 Å². The molecule has 2 N–H and O–H groups in total. The summed E-state index contributed by atoms with van der Waals surface area (Å²) in [5.41, 5.74) is 0.880. The molecule has 10 heteroatoms. The average molecular weight is 459 g/mol. The molecule has 33 heavy (non-hydrogen) atoms. The maximum absolute atomic E-state index is 13.0. The predicted molar refractivity (Wildman–Crippen MR) is 118 cm³/mol. The Morgan fingerprint density at radius 1 is 1.12 bits per heavy atom. The molecule has 3 rings (SSSR count). The number of nitrogens with zero attached hydrogens (tertiary/aromatic N) is 1. The zero-order chi connectivity index (χ0) is 23.8. The van der Waals surface area contributed by atoms with Crippen LogP contribution in [0.1, 0.15) is 66.2 Å². The zero-order valence-electron chi connectivity index (χ0n) is 18.7. The van der Waals surface area contributed by atoms with Crippen molar-refractivity contribution < 1.29 is 33.4 Å². The normalized spacial score (nSPS) is 17.7. The Hall–Kier alpha value is -3.27. The van der Waals surface area contributed by atoms with Crippen LogP contribution in [-0.2, 0) is 23.9 Å². The van der Waals surface area contributed by atoms with Crippen LogP contribution in [0, 0.1) is 0 Å². The van der Waals surface area contributed by atoms with Gasteiger partial charge in [-0.25, -0.2) is 0 Å². The molecule has 0 aliphatic carbocycles. The van der Waals surface area contributed by atoms with Crippen molar-refractivity contribution in [2.45, 2.75) is 51.5 Å². The molecule has 2 heterocycles. The fraction of sp³-hybridized carbons (Fsp3) is 0.522. The first-order chi connectivity index (χ1) is 15.9. The van der Waals surface area contributed by atoms with Gasteiger partial charge >= 0.3 is 5.97 Å². The summed E-state index contributed by atoms with van der Waals surface area (Å²) in [6, 6.07) is 3.86. The van der Waals surface area contributed by atoms with Gasteiger partial charge in [0.2, 0.25) is 11.8 Å². The fourth-order valence-corrected chi connectivity index (χ4v) is 3.83. The van der Waals surface area contributed by atoms with Gasteiger partial charge in [-0.1, -0.05) is 25.8 Å². The van der Waals surface area contributed by atoms with Crippen molar-refractivity contribution in [2.75, 3.05) is 31.7 Å². The second-order valence-electron chi connectivity index (χ2n) is 7.89. The van der Waals surface area contributed by atoms with E-state index in [4.69, 9.17) is 9.47 Å². The monoisotopic (exact) mass is 459 g/mol. The summed E-state index contributed by atoms with van der Waals surface area (Å²) >= 11 is 0. The molecule has 178 valence electrons. The number of benzene rings is 1. The highest BCUT2D eigenvalue weighted by molar-refractivity contribution is 6.25. The third kappa shape index (κ3) is 5.95. The maximum Gasteiger partial charge on any atom is 0.305 e. The van der Waals surface area contributed by atoms with Crippen LogP contribution < -0.4 is 10.6 Å². The van der Waals surface area contributed by atoms with Gasteiger partial charge in [0, 0.05) is 25.1 Å². The number of nitrogens with one attached hydrogen (secondary N) is 2. The Morgan fingerprint density at radius 3 is 2.70 bits per heavy atom. The van der Waals surface area contributed by atoms with E-state index in [2.05, 4.69) is 17.6 Å². The van der Waals surface area contributed by atoms with E-state index in [0.29, 0.717) is 25.3 Å². The third-order valence-electron chi connectivity index (χ3n) is 5.51. The highest BCUT2D eigenvalue weighted by Crippen LogP contribution is 2.32. The first-order valence-electron chi connectivity index (χ1n) is 11.3. The molecule has 4 amide bonds. The molecule has 0 bridgehead atoms. The van der Waals surface area contributed by atoms with E-state index in [0.717, 1.165) is 24.2 Å². The van der Waals surface area contributed by atoms with Gasteiger partial charge in [0.05, 0.1) is 24.3 Å². The predicted octanol–water partition coefficient (Wildman–Crippen LogP) is 1.64. The number of anilines is 1. The number of esters is 1. The number of piperidine rings is 1. The SMILES string of the molecule is CCCCCC(=O)OCCOCCNc1cccc2c1C(=O)N(C1CCC(=O)NC1=O)C2=O. The minimum absolute atomic E-state index is 0.0698. The van der Waals surface area contributed by atoms with Gasteiger partial charge in [0.25, 0.3) is 11.8 Å². The molecule has 0 saturated carbocycles. The van der Waals surface area contributed by atoms with E-state index in [1.165, 1.54) is 6.07 Å². The Morgan fingerprint density at radius 2 is 1.94 bits per heavy atom. The first-order valence-corrected chi connectivity index (χ1v) is 11.3. The van der Waals surface area contributed by atoms with Gasteiger partial charge in [-0.3, -0.25) is 34.2 Å². The van der Waals surface area contributed by atoms with Crippen LogP contribution in [0.15, 0.2) is 18.2 Å². The van der Waals surface area contributed by atoms with Crippen LogP contribution in [0.4, 0.5) is 5.69 Å². The molecule has 2 aliphatic rings.